The van der Waals surface area contributed by atoms with Crippen molar-refractivity contribution in [1.82, 2.24) is 5.16 Å². The van der Waals surface area contributed by atoms with Crippen molar-refractivity contribution in [3.05, 3.63) is 75.7 Å². The van der Waals surface area contributed by atoms with Crippen molar-refractivity contribution in [3.8, 4) is 11.5 Å². The van der Waals surface area contributed by atoms with Gasteiger partial charge in [-0.05, 0) is 68.5 Å². The van der Waals surface area contributed by atoms with Crippen LogP contribution in [0.15, 0.2) is 40.9 Å². The number of aromatic nitrogens is 1. The van der Waals surface area contributed by atoms with Crippen LogP contribution in [-0.4, -0.2) is 30.6 Å². The van der Waals surface area contributed by atoms with Crippen LogP contribution < -0.4 is 9.47 Å². The maximum atomic E-state index is 12.5. The van der Waals surface area contributed by atoms with Crippen molar-refractivity contribution in [3.63, 3.8) is 0 Å². The molecule has 0 unspecified atom stereocenters. The fourth-order valence-electron chi connectivity index (χ4n) is 3.81. The van der Waals surface area contributed by atoms with Gasteiger partial charge in [-0.1, -0.05) is 17.3 Å². The molecule has 0 spiro atoms. The average Bonchev–Trinajstić information content (AvgIpc) is 3.41. The van der Waals surface area contributed by atoms with Crippen LogP contribution in [-0.2, 0) is 24.2 Å². The number of esters is 1. The highest BCUT2D eigenvalue weighted by molar-refractivity contribution is 5.99. The number of carbonyl (C=O) groups excluding carboxylic acids is 2. The van der Waals surface area contributed by atoms with Crippen molar-refractivity contribution in [2.24, 2.45) is 0 Å². The molecule has 7 heteroatoms. The lowest BCUT2D eigenvalue weighted by Gasteiger charge is -2.12. The molecule has 2 aromatic carbocycles. The van der Waals surface area contributed by atoms with Crippen LogP contribution in [0, 0.1) is 13.8 Å². The SMILES string of the molecule is COc1cc(C(=O)OCC(=O)c2ccc3c(c2)CCC3)ccc1OCc1c(C)noc1C. The second kappa shape index (κ2) is 9.26. The highest BCUT2D eigenvalue weighted by Gasteiger charge is 2.18. The minimum absolute atomic E-state index is 0.223. The van der Waals surface area contributed by atoms with E-state index in [0.29, 0.717) is 22.8 Å². The summed E-state index contributed by atoms with van der Waals surface area (Å²) < 4.78 is 21.6. The lowest BCUT2D eigenvalue weighted by Crippen LogP contribution is -2.14. The number of benzene rings is 2. The van der Waals surface area contributed by atoms with Crippen molar-refractivity contribution in [2.75, 3.05) is 13.7 Å². The number of hydrogen-bond donors (Lipinski definition) is 0. The zero-order chi connectivity index (χ0) is 22.7. The van der Waals surface area contributed by atoms with E-state index < -0.39 is 5.97 Å². The smallest absolute Gasteiger partial charge is 0.338 e. The van der Waals surface area contributed by atoms with Gasteiger partial charge in [-0.15, -0.1) is 0 Å². The maximum Gasteiger partial charge on any atom is 0.338 e. The number of aryl methyl sites for hydroxylation is 4. The molecule has 0 saturated heterocycles. The summed E-state index contributed by atoms with van der Waals surface area (Å²) in [5, 5.41) is 3.91. The Hall–Kier alpha value is -3.61. The Morgan fingerprint density at radius 3 is 2.53 bits per heavy atom. The van der Waals surface area contributed by atoms with Crippen LogP contribution in [0.1, 0.15) is 55.3 Å². The van der Waals surface area contributed by atoms with Crippen molar-refractivity contribution < 1.29 is 28.3 Å². The zero-order valence-corrected chi connectivity index (χ0v) is 18.4. The minimum atomic E-state index is -0.602. The summed E-state index contributed by atoms with van der Waals surface area (Å²) >= 11 is 0. The second-order valence-corrected chi connectivity index (χ2v) is 7.79. The van der Waals surface area contributed by atoms with Crippen molar-refractivity contribution in [2.45, 2.75) is 39.7 Å². The summed E-state index contributed by atoms with van der Waals surface area (Å²) in [4.78, 5) is 25.0. The van der Waals surface area contributed by atoms with Crippen LogP contribution in [0.3, 0.4) is 0 Å². The monoisotopic (exact) mass is 435 g/mol. The van der Waals surface area contributed by atoms with Gasteiger partial charge in [0.05, 0.1) is 23.9 Å². The lowest BCUT2D eigenvalue weighted by atomic mass is 10.0. The number of ether oxygens (including phenoxy) is 3. The molecule has 0 saturated carbocycles. The van der Waals surface area contributed by atoms with Crippen molar-refractivity contribution >= 4 is 11.8 Å². The Kier molecular flexibility index (Phi) is 6.25. The van der Waals surface area contributed by atoms with E-state index in [1.807, 2.05) is 26.0 Å². The van der Waals surface area contributed by atoms with E-state index in [2.05, 4.69) is 5.16 Å². The Balaban J connectivity index is 1.38. The fourth-order valence-corrected chi connectivity index (χ4v) is 3.81. The molecule has 1 aliphatic rings. The first-order valence-electron chi connectivity index (χ1n) is 10.5. The molecule has 32 heavy (non-hydrogen) atoms. The van der Waals surface area contributed by atoms with E-state index in [-0.39, 0.29) is 24.6 Å². The Morgan fingerprint density at radius 1 is 1.00 bits per heavy atom. The van der Waals surface area contributed by atoms with Gasteiger partial charge in [-0.3, -0.25) is 4.79 Å². The molecule has 1 aromatic heterocycles. The predicted octanol–water partition coefficient (Wildman–Crippen LogP) is 4.41. The number of methoxy groups -OCH3 is 1. The molecule has 0 aliphatic heterocycles. The van der Waals surface area contributed by atoms with Gasteiger partial charge in [0.25, 0.3) is 0 Å². The van der Waals surface area contributed by atoms with E-state index in [9.17, 15) is 9.59 Å². The third kappa shape index (κ3) is 4.51. The topological polar surface area (TPSA) is 87.9 Å². The number of fused-ring (bicyclic) bond motifs is 1. The van der Waals surface area contributed by atoms with Gasteiger partial charge in [0, 0.05) is 5.56 Å². The number of carbonyl (C=O) groups is 2. The van der Waals surface area contributed by atoms with E-state index in [1.165, 1.54) is 24.3 Å². The summed E-state index contributed by atoms with van der Waals surface area (Å²) in [5.74, 6) is 0.721. The normalized spacial score (nSPS) is 12.3. The molecule has 0 bridgehead atoms. The third-order valence-electron chi connectivity index (χ3n) is 5.71. The van der Waals surface area contributed by atoms with Crippen LogP contribution in [0.4, 0.5) is 0 Å². The number of nitrogens with zero attached hydrogens (tertiary/aromatic N) is 1. The molecule has 0 fully saturated rings. The zero-order valence-electron chi connectivity index (χ0n) is 18.4. The molecule has 1 heterocycles. The van der Waals surface area contributed by atoms with Gasteiger partial charge in [0.15, 0.2) is 23.9 Å². The van der Waals surface area contributed by atoms with Gasteiger partial charge in [-0.25, -0.2) is 4.79 Å². The molecule has 3 aromatic rings. The highest BCUT2D eigenvalue weighted by Crippen LogP contribution is 2.30. The predicted molar refractivity (Wildman–Crippen MR) is 116 cm³/mol. The molecule has 166 valence electrons. The van der Waals surface area contributed by atoms with Gasteiger partial charge in [-0.2, -0.15) is 0 Å². The first kappa shape index (κ1) is 21.6. The van der Waals surface area contributed by atoms with E-state index in [4.69, 9.17) is 18.7 Å². The van der Waals surface area contributed by atoms with E-state index in [0.717, 1.165) is 30.5 Å². The first-order chi connectivity index (χ1) is 15.5. The van der Waals surface area contributed by atoms with E-state index >= 15 is 0 Å². The van der Waals surface area contributed by atoms with Crippen molar-refractivity contribution in [1.29, 1.82) is 0 Å². The maximum absolute atomic E-state index is 12.5. The second-order valence-electron chi connectivity index (χ2n) is 7.79. The number of Topliss-reactive ketones (excluding diaryl/α,β-unsaturated/α-hetero) is 1. The molecule has 4 rings (SSSR count). The Bertz CT molecular complexity index is 1140. The summed E-state index contributed by atoms with van der Waals surface area (Å²) in [6.45, 7) is 3.61. The molecule has 0 radical (unpaired) electrons. The molecule has 0 atom stereocenters. The third-order valence-corrected chi connectivity index (χ3v) is 5.71. The Labute approximate surface area is 186 Å². The molecular formula is C25H25NO6. The van der Waals surface area contributed by atoms with Crippen LogP contribution in [0.5, 0.6) is 11.5 Å². The summed E-state index contributed by atoms with van der Waals surface area (Å²) in [6.07, 6.45) is 3.15. The molecule has 1 aliphatic carbocycles. The fraction of sp³-hybridized carbons (Fsp3) is 0.320. The first-order valence-corrected chi connectivity index (χ1v) is 10.5. The van der Waals surface area contributed by atoms with Gasteiger partial charge >= 0.3 is 5.97 Å². The van der Waals surface area contributed by atoms with Crippen LogP contribution in [0.2, 0.25) is 0 Å². The quantitative estimate of drug-likeness (QED) is 0.383. The van der Waals surface area contributed by atoms with Gasteiger partial charge in [0.1, 0.15) is 12.4 Å². The number of ketones is 1. The molecular weight excluding hydrogens is 410 g/mol. The standard InChI is InChI=1S/C25H25NO6/c1-15-21(16(2)32-26-15)13-30-23-10-9-20(12-24(23)29-3)25(28)31-14-22(27)19-8-7-17-5-4-6-18(17)11-19/h7-12H,4-6,13-14H2,1-3H3. The van der Waals surface area contributed by atoms with Crippen LogP contribution >= 0.6 is 0 Å². The average molecular weight is 435 g/mol. The molecule has 7 nitrogen and oxygen atoms in total. The summed E-state index contributed by atoms with van der Waals surface area (Å²) in [6, 6.07) is 10.4. The van der Waals surface area contributed by atoms with Gasteiger partial charge in [0.2, 0.25) is 0 Å². The lowest BCUT2D eigenvalue weighted by molar-refractivity contribution is 0.0474. The molecule has 0 amide bonds. The summed E-state index contributed by atoms with van der Waals surface area (Å²) in [7, 11) is 1.49. The van der Waals surface area contributed by atoms with Gasteiger partial charge < -0.3 is 18.7 Å². The minimum Gasteiger partial charge on any atom is -0.493 e. The highest BCUT2D eigenvalue weighted by atomic mass is 16.5. The largest absolute Gasteiger partial charge is 0.493 e. The Morgan fingerprint density at radius 2 is 1.78 bits per heavy atom. The summed E-state index contributed by atoms with van der Waals surface area (Å²) in [5.41, 5.74) is 4.96. The van der Waals surface area contributed by atoms with Crippen LogP contribution in [0.25, 0.3) is 0 Å². The van der Waals surface area contributed by atoms with E-state index in [1.54, 1.807) is 18.2 Å². The number of hydrogen-bond acceptors (Lipinski definition) is 7. The molecule has 0 N–H and O–H groups in total. The number of rotatable bonds is 8.